The van der Waals surface area contributed by atoms with Crippen LogP contribution in [0.4, 0.5) is 8.78 Å². The van der Waals surface area contributed by atoms with Gasteiger partial charge in [-0.25, -0.2) is 18.7 Å². The Morgan fingerprint density at radius 1 is 0.424 bits per heavy atom. The predicted molar refractivity (Wildman–Crippen MR) is 260 cm³/mol. The molecule has 10 nitrogen and oxygen atoms in total. The van der Waals surface area contributed by atoms with Crippen molar-refractivity contribution in [1.29, 1.82) is 0 Å². The summed E-state index contributed by atoms with van der Waals surface area (Å²) in [6.45, 7) is 10.4. The first-order valence-corrected chi connectivity index (χ1v) is 22.6. The molecule has 0 amide bonds. The van der Waals surface area contributed by atoms with E-state index >= 15 is 0 Å². The van der Waals surface area contributed by atoms with Crippen molar-refractivity contribution in [3.05, 3.63) is 181 Å². The Labute approximate surface area is 381 Å². The van der Waals surface area contributed by atoms with Gasteiger partial charge in [-0.05, 0) is 94.0 Å². The standard InChI is InChI=1S/2C27H24FN5/c2*28-23-6-1-2-7-26(23)33-18-31-25-16-30-24-9-8-21(15-22(24)27(25)33)20-5-3-4-19(14-20)17-32-12-10-29-11-13-32/h2*1-9,14-16,18,29H,10-13,17H2. The molecule has 12 heteroatoms. The lowest BCUT2D eigenvalue weighted by Crippen LogP contribution is -2.42. The van der Waals surface area contributed by atoms with Crippen LogP contribution in [-0.2, 0) is 13.1 Å². The normalized spacial score (nSPS) is 14.8. The summed E-state index contributed by atoms with van der Waals surface area (Å²) >= 11 is 0. The minimum Gasteiger partial charge on any atom is -0.314 e. The van der Waals surface area contributed by atoms with Crippen LogP contribution in [0.1, 0.15) is 11.1 Å². The van der Waals surface area contributed by atoms with Crippen molar-refractivity contribution in [2.24, 2.45) is 0 Å². The first kappa shape index (κ1) is 41.5. The third kappa shape index (κ3) is 8.43. The lowest BCUT2D eigenvalue weighted by atomic mass is 10.0. The summed E-state index contributed by atoms with van der Waals surface area (Å²) in [5.74, 6) is -0.558. The number of nitrogens with one attached hydrogen (secondary N) is 2. The van der Waals surface area contributed by atoms with Crippen molar-refractivity contribution in [2.75, 3.05) is 52.4 Å². The Morgan fingerprint density at radius 3 is 1.29 bits per heavy atom. The van der Waals surface area contributed by atoms with Crippen LogP contribution in [0, 0.1) is 11.6 Å². The zero-order chi connectivity index (χ0) is 44.4. The molecule has 2 N–H and O–H groups in total. The van der Waals surface area contributed by atoms with Gasteiger partial charge >= 0.3 is 0 Å². The number of halogens is 2. The Bertz CT molecular complexity index is 3130. The van der Waals surface area contributed by atoms with E-state index in [0.29, 0.717) is 11.4 Å². The van der Waals surface area contributed by atoms with Crippen molar-refractivity contribution in [3.63, 3.8) is 0 Å². The van der Waals surface area contributed by atoms with E-state index in [2.05, 4.69) is 113 Å². The Hall–Kier alpha value is -7.22. The van der Waals surface area contributed by atoms with Crippen LogP contribution in [0.3, 0.4) is 0 Å². The molecule has 0 aliphatic carbocycles. The van der Waals surface area contributed by atoms with Gasteiger partial charge in [0.05, 0.1) is 45.8 Å². The molecule has 0 unspecified atom stereocenters. The molecule has 2 aliphatic rings. The maximum absolute atomic E-state index is 14.6. The van der Waals surface area contributed by atoms with Crippen LogP contribution in [-0.4, -0.2) is 91.2 Å². The smallest absolute Gasteiger partial charge is 0.147 e. The van der Waals surface area contributed by atoms with Gasteiger partial charge in [0.2, 0.25) is 0 Å². The van der Waals surface area contributed by atoms with Gasteiger partial charge in [0.1, 0.15) is 35.3 Å². The lowest BCUT2D eigenvalue weighted by Gasteiger charge is -2.27. The summed E-state index contributed by atoms with van der Waals surface area (Å²) in [6.07, 6.45) is 6.85. The van der Waals surface area contributed by atoms with Gasteiger partial charge in [0, 0.05) is 76.2 Å². The predicted octanol–water partition coefficient (Wildman–Crippen LogP) is 9.57. The third-order valence-corrected chi connectivity index (χ3v) is 12.7. The second kappa shape index (κ2) is 18.3. The summed E-state index contributed by atoms with van der Waals surface area (Å²) < 4.78 is 32.8. The summed E-state index contributed by atoms with van der Waals surface area (Å²) in [6, 6.07) is 43.6. The molecule has 4 aromatic heterocycles. The van der Waals surface area contributed by atoms with Gasteiger partial charge in [-0.3, -0.25) is 28.9 Å². The molecule has 328 valence electrons. The minimum absolute atomic E-state index is 0.279. The summed E-state index contributed by atoms with van der Waals surface area (Å²) in [7, 11) is 0. The van der Waals surface area contributed by atoms with E-state index in [1.54, 1.807) is 49.3 Å². The molecule has 66 heavy (non-hydrogen) atoms. The first-order chi connectivity index (χ1) is 32.5. The van der Waals surface area contributed by atoms with Crippen LogP contribution < -0.4 is 10.6 Å². The number of pyridine rings is 2. The molecule has 0 saturated carbocycles. The maximum atomic E-state index is 14.6. The average Bonchev–Trinajstić information content (AvgIpc) is 4.01. The van der Waals surface area contributed by atoms with Gasteiger partial charge in [0.15, 0.2) is 0 Å². The van der Waals surface area contributed by atoms with E-state index in [1.165, 1.54) is 34.4 Å². The molecule has 2 aliphatic heterocycles. The number of para-hydroxylation sites is 2. The molecule has 10 aromatic rings. The monoisotopic (exact) mass is 874 g/mol. The van der Waals surface area contributed by atoms with Crippen LogP contribution in [0.5, 0.6) is 0 Å². The Kier molecular flexibility index (Phi) is 11.5. The van der Waals surface area contributed by atoms with E-state index in [-0.39, 0.29) is 11.6 Å². The van der Waals surface area contributed by atoms with Crippen molar-refractivity contribution >= 4 is 43.9 Å². The topological polar surface area (TPSA) is 92.0 Å². The zero-order valence-corrected chi connectivity index (χ0v) is 36.4. The number of nitrogens with zero attached hydrogens (tertiary/aromatic N) is 8. The van der Waals surface area contributed by atoms with Crippen molar-refractivity contribution < 1.29 is 8.78 Å². The highest BCUT2D eigenvalue weighted by Gasteiger charge is 2.17. The zero-order valence-electron chi connectivity index (χ0n) is 36.4. The van der Waals surface area contributed by atoms with E-state index in [1.807, 2.05) is 33.4 Å². The highest BCUT2D eigenvalue weighted by Crippen LogP contribution is 2.33. The van der Waals surface area contributed by atoms with Crippen LogP contribution in [0.25, 0.3) is 77.5 Å². The highest BCUT2D eigenvalue weighted by molar-refractivity contribution is 6.05. The first-order valence-electron chi connectivity index (χ1n) is 22.6. The fourth-order valence-corrected chi connectivity index (χ4v) is 9.36. The van der Waals surface area contributed by atoms with Gasteiger partial charge in [-0.2, -0.15) is 0 Å². The van der Waals surface area contributed by atoms with Crippen molar-refractivity contribution in [1.82, 2.24) is 49.5 Å². The van der Waals surface area contributed by atoms with Crippen LogP contribution in [0.2, 0.25) is 0 Å². The fraction of sp³-hybridized carbons (Fsp3) is 0.185. The summed E-state index contributed by atoms with van der Waals surface area (Å²) in [5.41, 5.74) is 13.1. The molecule has 0 atom stereocenters. The molecule has 0 radical (unpaired) electrons. The Morgan fingerprint density at radius 2 is 0.848 bits per heavy atom. The molecule has 6 aromatic carbocycles. The van der Waals surface area contributed by atoms with Crippen molar-refractivity contribution in [3.8, 4) is 33.6 Å². The van der Waals surface area contributed by atoms with Crippen LogP contribution in [0.15, 0.2) is 159 Å². The van der Waals surface area contributed by atoms with Crippen molar-refractivity contribution in [2.45, 2.75) is 13.1 Å². The second-order valence-corrected chi connectivity index (χ2v) is 17.0. The minimum atomic E-state index is -0.279. The summed E-state index contributed by atoms with van der Waals surface area (Å²) in [4.78, 5) is 23.1. The number of aromatic nitrogens is 6. The molecular formula is C54H48F2N10. The number of hydrogen-bond acceptors (Lipinski definition) is 8. The molecule has 2 saturated heterocycles. The molecule has 0 spiro atoms. The number of imidazole rings is 2. The van der Waals surface area contributed by atoms with Gasteiger partial charge < -0.3 is 10.6 Å². The van der Waals surface area contributed by atoms with E-state index in [0.717, 1.165) is 120 Å². The van der Waals surface area contributed by atoms with Gasteiger partial charge in [0.25, 0.3) is 0 Å². The van der Waals surface area contributed by atoms with E-state index in [9.17, 15) is 8.78 Å². The van der Waals surface area contributed by atoms with Gasteiger partial charge in [-0.15, -0.1) is 0 Å². The highest BCUT2D eigenvalue weighted by atomic mass is 19.1. The third-order valence-electron chi connectivity index (χ3n) is 12.7. The molecule has 12 rings (SSSR count). The van der Waals surface area contributed by atoms with E-state index < -0.39 is 0 Å². The largest absolute Gasteiger partial charge is 0.314 e. The molecule has 0 bridgehead atoms. The quantitative estimate of drug-likeness (QED) is 0.156. The average molecular weight is 875 g/mol. The SMILES string of the molecule is Fc1ccccc1-n1cnc2cnc3ccc(-c4cccc(CN5CCNCC5)c4)cc3c21.Fc1ccccc1-n1cnc2cnc3ccc(-c4cccc(CN5CCNCC5)c4)cc3c21. The van der Waals surface area contributed by atoms with Crippen LogP contribution >= 0.6 is 0 Å². The van der Waals surface area contributed by atoms with E-state index in [4.69, 9.17) is 0 Å². The summed E-state index contributed by atoms with van der Waals surface area (Å²) in [5, 5.41) is 8.73. The fourth-order valence-electron chi connectivity index (χ4n) is 9.36. The number of hydrogen-bond donors (Lipinski definition) is 2. The number of fused-ring (bicyclic) bond motifs is 6. The molecule has 6 heterocycles. The maximum Gasteiger partial charge on any atom is 0.147 e. The number of benzene rings is 6. The number of rotatable bonds is 8. The number of piperazine rings is 2. The second-order valence-electron chi connectivity index (χ2n) is 17.0. The van der Waals surface area contributed by atoms with Gasteiger partial charge in [-0.1, -0.05) is 72.8 Å². The lowest BCUT2D eigenvalue weighted by molar-refractivity contribution is 0.233. The molecular weight excluding hydrogens is 827 g/mol. The Balaban J connectivity index is 0.000000146. The molecule has 2 fully saturated rings.